The van der Waals surface area contributed by atoms with Gasteiger partial charge in [0.1, 0.15) is 5.82 Å². The van der Waals surface area contributed by atoms with Gasteiger partial charge >= 0.3 is 5.69 Å². The van der Waals surface area contributed by atoms with E-state index >= 15 is 0 Å². The van der Waals surface area contributed by atoms with E-state index < -0.39 is 0 Å². The summed E-state index contributed by atoms with van der Waals surface area (Å²) in [5.74, 6) is 1.02. The molecule has 0 saturated heterocycles. The minimum atomic E-state index is -0.315. The Morgan fingerprint density at radius 3 is 2.48 bits per heavy atom. The largest absolute Gasteiger partial charge is 0.332 e. The molecule has 0 atom stereocenters. The van der Waals surface area contributed by atoms with Crippen molar-refractivity contribution in [3.8, 4) is 0 Å². The molecule has 0 saturated carbocycles. The normalized spacial score (nSPS) is 11.7. The summed E-state index contributed by atoms with van der Waals surface area (Å²) in [6.07, 6.45) is 0.763. The fourth-order valence-corrected chi connectivity index (χ4v) is 2.52. The Bertz CT molecular complexity index is 766. The predicted molar refractivity (Wildman–Crippen MR) is 82.5 cm³/mol. The number of fused-ring (bicyclic) bond motifs is 1. The highest BCUT2D eigenvalue weighted by molar-refractivity contribution is 5.71. The first-order valence-corrected chi connectivity index (χ1v) is 7.25. The van der Waals surface area contributed by atoms with E-state index in [1.165, 1.54) is 7.05 Å². The second-order valence-corrected chi connectivity index (χ2v) is 5.78. The first-order valence-electron chi connectivity index (χ1n) is 7.25. The van der Waals surface area contributed by atoms with Gasteiger partial charge in [-0.3, -0.25) is 13.9 Å². The molecule has 2 heterocycles. The Balaban J connectivity index is 2.81. The summed E-state index contributed by atoms with van der Waals surface area (Å²) in [7, 11) is 1.51. The number of hydrogen-bond donors (Lipinski definition) is 1. The van der Waals surface area contributed by atoms with Crippen molar-refractivity contribution in [2.75, 3.05) is 6.54 Å². The lowest BCUT2D eigenvalue weighted by molar-refractivity contribution is 0.499. The number of nitrogens with zero attached hydrogens (tertiary/aromatic N) is 4. The smallest absolute Gasteiger partial charge is 0.330 e. The van der Waals surface area contributed by atoms with Gasteiger partial charge in [-0.15, -0.1) is 0 Å². The van der Waals surface area contributed by atoms with Gasteiger partial charge in [-0.2, -0.15) is 0 Å². The van der Waals surface area contributed by atoms with E-state index in [-0.39, 0.29) is 17.2 Å². The number of rotatable bonds is 5. The van der Waals surface area contributed by atoms with Gasteiger partial charge in [-0.1, -0.05) is 13.8 Å². The van der Waals surface area contributed by atoms with Crippen LogP contribution in [0.5, 0.6) is 0 Å². The summed E-state index contributed by atoms with van der Waals surface area (Å²) in [5.41, 5.74) is 5.91. The molecule has 2 aromatic heterocycles. The van der Waals surface area contributed by atoms with Gasteiger partial charge in [-0.05, 0) is 25.8 Å². The van der Waals surface area contributed by atoms with E-state index in [0.29, 0.717) is 30.8 Å². The number of aromatic nitrogens is 4. The maximum Gasteiger partial charge on any atom is 0.332 e. The third-order valence-corrected chi connectivity index (χ3v) is 3.55. The Hall–Kier alpha value is -1.89. The zero-order valence-corrected chi connectivity index (χ0v) is 13.1. The monoisotopic (exact) mass is 293 g/mol. The van der Waals surface area contributed by atoms with Crippen LogP contribution in [0.4, 0.5) is 0 Å². The van der Waals surface area contributed by atoms with Gasteiger partial charge in [0.05, 0.1) is 0 Å². The van der Waals surface area contributed by atoms with Crippen LogP contribution in [0.1, 0.15) is 26.1 Å². The van der Waals surface area contributed by atoms with Crippen LogP contribution >= 0.6 is 0 Å². The summed E-state index contributed by atoms with van der Waals surface area (Å²) < 4.78 is 4.61. The highest BCUT2D eigenvalue weighted by atomic mass is 16.2. The molecule has 2 aromatic rings. The average molecular weight is 293 g/mol. The lowest BCUT2D eigenvalue weighted by atomic mass is 10.2. The zero-order valence-electron chi connectivity index (χ0n) is 13.1. The van der Waals surface area contributed by atoms with Crippen LogP contribution < -0.4 is 17.0 Å². The Morgan fingerprint density at radius 1 is 1.24 bits per heavy atom. The summed E-state index contributed by atoms with van der Waals surface area (Å²) in [6, 6.07) is 0. The highest BCUT2D eigenvalue weighted by Crippen LogP contribution is 2.12. The lowest BCUT2D eigenvalue weighted by Gasteiger charge is -2.12. The Morgan fingerprint density at radius 2 is 1.90 bits per heavy atom. The van der Waals surface area contributed by atoms with Crippen molar-refractivity contribution in [1.82, 2.24) is 18.7 Å². The van der Waals surface area contributed by atoms with Gasteiger partial charge in [0, 0.05) is 20.1 Å². The molecular formula is C14H23N5O2. The van der Waals surface area contributed by atoms with Crippen LogP contribution in [0.15, 0.2) is 9.59 Å². The molecular weight excluding hydrogens is 270 g/mol. The maximum atomic E-state index is 12.4. The van der Waals surface area contributed by atoms with Crippen LogP contribution in [-0.2, 0) is 20.1 Å². The Labute approximate surface area is 123 Å². The molecule has 0 aliphatic carbocycles. The summed E-state index contributed by atoms with van der Waals surface area (Å²) >= 11 is 0. The van der Waals surface area contributed by atoms with Gasteiger partial charge in [0.25, 0.3) is 5.56 Å². The van der Waals surface area contributed by atoms with Crippen molar-refractivity contribution in [3.05, 3.63) is 26.7 Å². The fourth-order valence-electron chi connectivity index (χ4n) is 2.52. The molecule has 0 fully saturated rings. The molecule has 2 N–H and O–H groups in total. The van der Waals surface area contributed by atoms with Gasteiger partial charge in [0.15, 0.2) is 11.2 Å². The van der Waals surface area contributed by atoms with E-state index in [1.807, 2.05) is 25.3 Å². The van der Waals surface area contributed by atoms with Crippen LogP contribution in [-0.4, -0.2) is 25.2 Å². The first kappa shape index (κ1) is 15.5. The molecule has 0 spiro atoms. The van der Waals surface area contributed by atoms with E-state index in [2.05, 4.69) is 4.98 Å². The van der Waals surface area contributed by atoms with Crippen molar-refractivity contribution in [3.63, 3.8) is 0 Å². The van der Waals surface area contributed by atoms with Crippen molar-refractivity contribution in [2.45, 2.75) is 40.3 Å². The number of aryl methyl sites for hydroxylation is 2. The average Bonchev–Trinajstić information content (AvgIpc) is 2.75. The molecule has 0 unspecified atom stereocenters. The van der Waals surface area contributed by atoms with Gasteiger partial charge in [0.2, 0.25) is 0 Å². The minimum Gasteiger partial charge on any atom is -0.330 e. The molecule has 0 amide bonds. The third kappa shape index (κ3) is 2.65. The zero-order chi connectivity index (χ0) is 15.7. The molecule has 116 valence electrons. The topological polar surface area (TPSA) is 87.8 Å². The Kier molecular flexibility index (Phi) is 4.32. The number of hydrogen-bond acceptors (Lipinski definition) is 4. The van der Waals surface area contributed by atoms with Crippen molar-refractivity contribution in [1.29, 1.82) is 0 Å². The highest BCUT2D eigenvalue weighted by Gasteiger charge is 2.18. The minimum absolute atomic E-state index is 0.290. The second-order valence-electron chi connectivity index (χ2n) is 5.78. The standard InChI is InChI=1S/C14H23N5O2/c1-9(2)8-19-12-11(13(20)17(4)14(19)21)18(7-5-6-15)10(3)16-12/h9H,5-8,15H2,1-4H3. The quantitative estimate of drug-likeness (QED) is 0.853. The van der Waals surface area contributed by atoms with E-state index in [4.69, 9.17) is 5.73 Å². The van der Waals surface area contributed by atoms with Crippen LogP contribution in [0.2, 0.25) is 0 Å². The van der Waals surface area contributed by atoms with Crippen LogP contribution in [0.3, 0.4) is 0 Å². The van der Waals surface area contributed by atoms with Crippen LogP contribution in [0.25, 0.3) is 11.2 Å². The van der Waals surface area contributed by atoms with Crippen molar-refractivity contribution in [2.24, 2.45) is 18.7 Å². The molecule has 7 heteroatoms. The SMILES string of the molecule is Cc1nc2c(c(=O)n(C)c(=O)n2CC(C)C)n1CCCN. The fraction of sp³-hybridized carbons (Fsp3) is 0.643. The van der Waals surface area contributed by atoms with E-state index in [0.717, 1.165) is 16.8 Å². The molecule has 0 bridgehead atoms. The van der Waals surface area contributed by atoms with Crippen molar-refractivity contribution >= 4 is 11.2 Å². The molecule has 0 aliphatic heterocycles. The van der Waals surface area contributed by atoms with Gasteiger partial charge < -0.3 is 10.3 Å². The van der Waals surface area contributed by atoms with E-state index in [1.54, 1.807) is 4.57 Å². The molecule has 21 heavy (non-hydrogen) atoms. The molecule has 7 nitrogen and oxygen atoms in total. The maximum absolute atomic E-state index is 12.4. The lowest BCUT2D eigenvalue weighted by Crippen LogP contribution is -2.39. The van der Waals surface area contributed by atoms with Crippen molar-refractivity contribution < 1.29 is 0 Å². The molecule has 0 aliphatic rings. The molecule has 0 aromatic carbocycles. The third-order valence-electron chi connectivity index (χ3n) is 3.55. The predicted octanol–water partition coefficient (Wildman–Crippen LogP) is 0.210. The number of nitrogens with two attached hydrogens (primary N) is 1. The van der Waals surface area contributed by atoms with Crippen LogP contribution in [0, 0.1) is 12.8 Å². The van der Waals surface area contributed by atoms with E-state index in [9.17, 15) is 9.59 Å². The summed E-state index contributed by atoms with van der Waals surface area (Å²) in [4.78, 5) is 29.2. The molecule has 2 rings (SSSR count). The first-order chi connectivity index (χ1) is 9.88. The second kappa shape index (κ2) is 5.85. The summed E-state index contributed by atoms with van der Waals surface area (Å²) in [6.45, 7) is 7.62. The molecule has 0 radical (unpaired) electrons. The van der Waals surface area contributed by atoms with Gasteiger partial charge in [-0.25, -0.2) is 9.78 Å². The number of imidazole rings is 1. The summed E-state index contributed by atoms with van der Waals surface area (Å²) in [5, 5.41) is 0.